The molecule has 1 aliphatic heterocycles. The molecule has 0 aromatic heterocycles. The second-order valence-corrected chi connectivity index (χ2v) is 3.17. The molecule has 1 saturated heterocycles. The maximum Gasteiger partial charge on any atom is 0.320 e. The average molecular weight is 186 g/mol. The predicted molar refractivity (Wildman–Crippen MR) is 52.6 cm³/mol. The Bertz CT molecular complexity index is 193. The summed E-state index contributed by atoms with van der Waals surface area (Å²) in [6.45, 7) is 2.39. The summed E-state index contributed by atoms with van der Waals surface area (Å²) < 4.78 is 0. The molecule has 0 saturated carbocycles. The Labute approximate surface area is 78.4 Å². The molecule has 0 unspecified atom stereocenters. The number of hydrogen-bond acceptors (Lipinski definition) is 2. The first kappa shape index (κ1) is 9.45. The molecular weight excluding hydrogens is 172 g/mol. The molecule has 0 bridgehead atoms. The summed E-state index contributed by atoms with van der Waals surface area (Å²) in [5, 5.41) is 0. The molecule has 0 atom stereocenters. The van der Waals surface area contributed by atoms with E-state index in [0.717, 1.165) is 18.8 Å². The molecule has 68 valence electrons. The number of urea groups is 1. The van der Waals surface area contributed by atoms with Crippen molar-refractivity contribution in [1.29, 1.82) is 0 Å². The number of thiol groups is 1. The zero-order valence-corrected chi connectivity index (χ0v) is 8.13. The van der Waals surface area contributed by atoms with Gasteiger partial charge in [-0.3, -0.25) is 0 Å². The summed E-state index contributed by atoms with van der Waals surface area (Å²) >= 11 is 4.04. The highest BCUT2D eigenvalue weighted by molar-refractivity contribution is 7.80. The third kappa shape index (κ3) is 2.17. The first-order chi connectivity index (χ1) is 5.75. The van der Waals surface area contributed by atoms with Gasteiger partial charge in [0.1, 0.15) is 0 Å². The second-order valence-electron chi connectivity index (χ2n) is 2.80. The van der Waals surface area contributed by atoms with Gasteiger partial charge >= 0.3 is 6.03 Å². The van der Waals surface area contributed by atoms with Gasteiger partial charge in [-0.25, -0.2) is 4.79 Å². The van der Waals surface area contributed by atoms with E-state index < -0.39 is 0 Å². The maximum absolute atomic E-state index is 11.3. The smallest absolute Gasteiger partial charge is 0.320 e. The molecule has 1 fully saturated rings. The monoisotopic (exact) mass is 186 g/mol. The first-order valence-electron chi connectivity index (χ1n) is 4.01. The summed E-state index contributed by atoms with van der Waals surface area (Å²) in [5.41, 5.74) is 0. The van der Waals surface area contributed by atoms with Crippen molar-refractivity contribution >= 4 is 18.7 Å². The molecule has 3 nitrogen and oxygen atoms in total. The van der Waals surface area contributed by atoms with Crippen LogP contribution in [-0.2, 0) is 0 Å². The van der Waals surface area contributed by atoms with Crippen LogP contribution in [0, 0.1) is 0 Å². The molecule has 12 heavy (non-hydrogen) atoms. The van der Waals surface area contributed by atoms with Gasteiger partial charge < -0.3 is 9.80 Å². The van der Waals surface area contributed by atoms with Crippen LogP contribution in [0.15, 0.2) is 12.2 Å². The number of nitrogens with zero attached hydrogens (tertiary/aromatic N) is 2. The molecule has 4 heteroatoms. The van der Waals surface area contributed by atoms with E-state index in [0.29, 0.717) is 6.54 Å². The SMILES string of the molecule is CN1CCN(C/C=C/CS)C1=O. The van der Waals surface area contributed by atoms with Gasteiger partial charge in [-0.2, -0.15) is 12.6 Å². The lowest BCUT2D eigenvalue weighted by Gasteiger charge is -2.12. The number of likely N-dealkylation sites (N-methyl/N-ethyl adjacent to an activating group) is 1. The van der Waals surface area contributed by atoms with Gasteiger partial charge in [0.2, 0.25) is 0 Å². The Morgan fingerprint density at radius 2 is 2.25 bits per heavy atom. The molecule has 0 aromatic carbocycles. The van der Waals surface area contributed by atoms with Crippen LogP contribution in [-0.4, -0.2) is 48.3 Å². The summed E-state index contributed by atoms with van der Waals surface area (Å²) in [6.07, 6.45) is 3.93. The number of rotatable bonds is 3. The molecule has 1 heterocycles. The zero-order chi connectivity index (χ0) is 8.97. The summed E-state index contributed by atoms with van der Waals surface area (Å²) in [7, 11) is 1.82. The van der Waals surface area contributed by atoms with Crippen LogP contribution < -0.4 is 0 Å². The lowest BCUT2D eigenvalue weighted by molar-refractivity contribution is 0.202. The van der Waals surface area contributed by atoms with Crippen molar-refractivity contribution in [1.82, 2.24) is 9.80 Å². The van der Waals surface area contributed by atoms with E-state index in [1.165, 1.54) is 0 Å². The van der Waals surface area contributed by atoms with E-state index in [1.807, 2.05) is 24.1 Å². The molecule has 0 aromatic rings. The van der Waals surface area contributed by atoms with Gasteiger partial charge in [0.05, 0.1) is 0 Å². The van der Waals surface area contributed by atoms with Crippen LogP contribution in [0.1, 0.15) is 0 Å². The maximum atomic E-state index is 11.3. The van der Waals surface area contributed by atoms with Gasteiger partial charge in [0, 0.05) is 32.4 Å². The molecule has 1 aliphatic rings. The lowest BCUT2D eigenvalue weighted by Crippen LogP contribution is -2.29. The highest BCUT2D eigenvalue weighted by Gasteiger charge is 2.23. The third-order valence-electron chi connectivity index (χ3n) is 1.90. The van der Waals surface area contributed by atoms with Crippen LogP contribution in [0.4, 0.5) is 4.79 Å². The Morgan fingerprint density at radius 1 is 1.50 bits per heavy atom. The number of hydrogen-bond donors (Lipinski definition) is 1. The van der Waals surface area contributed by atoms with Crippen molar-refractivity contribution in [2.75, 3.05) is 32.4 Å². The average Bonchev–Trinajstić information content (AvgIpc) is 2.36. The fraction of sp³-hybridized carbons (Fsp3) is 0.625. The molecule has 0 aliphatic carbocycles. The van der Waals surface area contributed by atoms with Crippen LogP contribution >= 0.6 is 12.6 Å². The minimum atomic E-state index is 0.124. The Kier molecular flexibility index (Phi) is 3.47. The van der Waals surface area contributed by atoms with Crippen LogP contribution in [0.25, 0.3) is 0 Å². The lowest BCUT2D eigenvalue weighted by atomic mass is 10.5. The largest absolute Gasteiger partial charge is 0.326 e. The topological polar surface area (TPSA) is 23.6 Å². The minimum Gasteiger partial charge on any atom is -0.326 e. The standard InChI is InChI=1S/C8H14N2OS/c1-9-5-6-10(8(9)11)4-2-3-7-12/h2-3,12H,4-7H2,1H3/b3-2+. The fourth-order valence-electron chi connectivity index (χ4n) is 1.15. The Hall–Kier alpha value is -0.640. The summed E-state index contributed by atoms with van der Waals surface area (Å²) in [6, 6.07) is 0.124. The first-order valence-corrected chi connectivity index (χ1v) is 4.65. The fourth-order valence-corrected chi connectivity index (χ4v) is 1.30. The quantitative estimate of drug-likeness (QED) is 0.512. The van der Waals surface area contributed by atoms with Crippen molar-refractivity contribution in [2.24, 2.45) is 0 Å². The molecular formula is C8H14N2OS. The van der Waals surface area contributed by atoms with Crippen molar-refractivity contribution in [3.8, 4) is 0 Å². The molecule has 0 spiro atoms. The summed E-state index contributed by atoms with van der Waals surface area (Å²) in [5.74, 6) is 0.734. The van der Waals surface area contributed by atoms with E-state index in [2.05, 4.69) is 12.6 Å². The Balaban J connectivity index is 2.34. The minimum absolute atomic E-state index is 0.124. The summed E-state index contributed by atoms with van der Waals surface area (Å²) in [4.78, 5) is 14.8. The van der Waals surface area contributed by atoms with Crippen molar-refractivity contribution < 1.29 is 4.79 Å². The van der Waals surface area contributed by atoms with Crippen molar-refractivity contribution in [3.05, 3.63) is 12.2 Å². The van der Waals surface area contributed by atoms with E-state index in [1.54, 1.807) is 4.90 Å². The van der Waals surface area contributed by atoms with Crippen molar-refractivity contribution in [3.63, 3.8) is 0 Å². The van der Waals surface area contributed by atoms with Gasteiger partial charge in [-0.05, 0) is 0 Å². The van der Waals surface area contributed by atoms with Gasteiger partial charge in [-0.15, -0.1) is 0 Å². The zero-order valence-electron chi connectivity index (χ0n) is 7.23. The molecule has 0 N–H and O–H groups in total. The molecule has 2 amide bonds. The van der Waals surface area contributed by atoms with Gasteiger partial charge in [0.15, 0.2) is 0 Å². The molecule has 1 rings (SSSR count). The highest BCUT2D eigenvalue weighted by Crippen LogP contribution is 2.04. The second kappa shape index (κ2) is 4.40. The number of amides is 2. The van der Waals surface area contributed by atoms with Crippen LogP contribution in [0.5, 0.6) is 0 Å². The van der Waals surface area contributed by atoms with Crippen LogP contribution in [0.3, 0.4) is 0 Å². The van der Waals surface area contributed by atoms with Gasteiger partial charge in [0.25, 0.3) is 0 Å². The van der Waals surface area contributed by atoms with Crippen molar-refractivity contribution in [2.45, 2.75) is 0 Å². The third-order valence-corrected chi connectivity index (χ3v) is 2.11. The highest BCUT2D eigenvalue weighted by atomic mass is 32.1. The normalized spacial score (nSPS) is 18.3. The van der Waals surface area contributed by atoms with E-state index in [9.17, 15) is 4.79 Å². The van der Waals surface area contributed by atoms with E-state index in [-0.39, 0.29) is 6.03 Å². The Morgan fingerprint density at radius 3 is 2.75 bits per heavy atom. The number of carbonyl (C=O) groups excluding carboxylic acids is 1. The van der Waals surface area contributed by atoms with Crippen LogP contribution in [0.2, 0.25) is 0 Å². The molecule has 0 radical (unpaired) electrons. The van der Waals surface area contributed by atoms with E-state index >= 15 is 0 Å². The predicted octanol–water partition coefficient (Wildman–Crippen LogP) is 0.840. The van der Waals surface area contributed by atoms with E-state index in [4.69, 9.17) is 0 Å². The van der Waals surface area contributed by atoms with Gasteiger partial charge in [-0.1, -0.05) is 12.2 Å². The number of carbonyl (C=O) groups is 1.